The molecule has 0 spiro atoms. The summed E-state index contributed by atoms with van der Waals surface area (Å²) < 4.78 is 40.3. The van der Waals surface area contributed by atoms with E-state index < -0.39 is 11.7 Å². The Labute approximate surface area is 176 Å². The van der Waals surface area contributed by atoms with Gasteiger partial charge in [-0.3, -0.25) is 9.36 Å². The third kappa shape index (κ3) is 5.38. The van der Waals surface area contributed by atoms with Gasteiger partial charge in [0, 0.05) is 38.4 Å². The average Bonchev–Trinajstić information content (AvgIpc) is 3.09. The van der Waals surface area contributed by atoms with E-state index in [4.69, 9.17) is 0 Å². The number of hydrogen-bond acceptors (Lipinski definition) is 5. The second-order valence-electron chi connectivity index (χ2n) is 7.02. The molecule has 1 aromatic carbocycles. The number of nitrogens with one attached hydrogen (secondary N) is 1. The number of halogens is 3. The lowest BCUT2D eigenvalue weighted by Gasteiger charge is -2.36. The maximum Gasteiger partial charge on any atom is 0.416 e. The first-order valence-electron chi connectivity index (χ1n) is 9.77. The number of amides is 1. The van der Waals surface area contributed by atoms with Gasteiger partial charge in [0.25, 0.3) is 0 Å². The van der Waals surface area contributed by atoms with Crippen molar-refractivity contribution in [1.29, 1.82) is 0 Å². The number of rotatable bonds is 7. The molecule has 3 rings (SSSR count). The maximum atomic E-state index is 12.9. The Bertz CT molecular complexity index is 919. The Balaban J connectivity index is 1.53. The van der Waals surface area contributed by atoms with E-state index in [0.717, 1.165) is 25.0 Å². The molecule has 11 heteroatoms. The zero-order chi connectivity index (χ0) is 21.7. The second kappa shape index (κ2) is 9.59. The monoisotopic (exact) mass is 443 g/mol. The molecule has 1 fully saturated rings. The fraction of sp³-hybridized carbons (Fsp3) is 0.526. The third-order valence-electron chi connectivity index (χ3n) is 4.95. The first-order valence-corrected chi connectivity index (χ1v) is 10.8. The minimum atomic E-state index is -4.38. The van der Waals surface area contributed by atoms with E-state index in [-0.39, 0.29) is 17.3 Å². The van der Waals surface area contributed by atoms with Crippen molar-refractivity contribution < 1.29 is 18.0 Å². The van der Waals surface area contributed by atoms with Crippen molar-refractivity contribution in [3.8, 4) is 0 Å². The molecule has 0 atom stereocenters. The van der Waals surface area contributed by atoms with Crippen LogP contribution in [-0.2, 0) is 17.5 Å². The smallest absolute Gasteiger partial charge is 0.368 e. The van der Waals surface area contributed by atoms with Crippen LogP contribution in [0.1, 0.15) is 25.3 Å². The van der Waals surface area contributed by atoms with Crippen LogP contribution in [0.3, 0.4) is 0 Å². The summed E-state index contributed by atoms with van der Waals surface area (Å²) in [5.41, 5.74) is -0.459. The van der Waals surface area contributed by atoms with Crippen LogP contribution >= 0.6 is 11.8 Å². The van der Waals surface area contributed by atoms with E-state index >= 15 is 0 Å². The quantitative estimate of drug-likeness (QED) is 0.667. The van der Waals surface area contributed by atoms with Gasteiger partial charge in [-0.05, 0) is 24.6 Å². The molecule has 1 aromatic heterocycles. The lowest BCUT2D eigenvalue weighted by Crippen LogP contribution is -2.49. The van der Waals surface area contributed by atoms with Gasteiger partial charge in [0.05, 0.1) is 11.3 Å². The number of unbranched alkanes of at least 4 members (excludes halogenated alkanes) is 1. The van der Waals surface area contributed by atoms with Crippen LogP contribution in [-0.4, -0.2) is 57.5 Å². The lowest BCUT2D eigenvalue weighted by atomic mass is 10.1. The van der Waals surface area contributed by atoms with Gasteiger partial charge in [0.15, 0.2) is 5.16 Å². The molecular weight excluding hydrogens is 419 g/mol. The number of nitrogens with zero attached hydrogens (tertiary/aromatic N) is 4. The van der Waals surface area contributed by atoms with Crippen LogP contribution in [0.5, 0.6) is 0 Å². The predicted octanol–water partition coefficient (Wildman–Crippen LogP) is 2.83. The molecule has 0 bridgehead atoms. The summed E-state index contributed by atoms with van der Waals surface area (Å²) >= 11 is 1.21. The van der Waals surface area contributed by atoms with Crippen molar-refractivity contribution in [2.75, 3.05) is 36.8 Å². The van der Waals surface area contributed by atoms with Crippen molar-refractivity contribution in [1.82, 2.24) is 19.7 Å². The molecule has 0 saturated carbocycles. The van der Waals surface area contributed by atoms with Crippen molar-refractivity contribution in [2.45, 2.75) is 37.6 Å². The fourth-order valence-corrected chi connectivity index (χ4v) is 4.11. The number of aromatic nitrogens is 3. The van der Waals surface area contributed by atoms with Crippen molar-refractivity contribution in [3.05, 3.63) is 40.3 Å². The fourth-order valence-electron chi connectivity index (χ4n) is 3.24. The SMILES string of the molecule is CCCCn1c(SCC(=O)N2CCN(c3cccc(C(F)(F)F)c3)CC2)n[nH]c1=O. The van der Waals surface area contributed by atoms with Crippen molar-refractivity contribution in [2.24, 2.45) is 0 Å². The Hall–Kier alpha value is -2.43. The number of carbonyl (C=O) groups is 1. The Morgan fingerprint density at radius 2 is 1.97 bits per heavy atom. The number of piperazine rings is 1. The van der Waals surface area contributed by atoms with E-state index in [1.807, 2.05) is 11.8 Å². The topological polar surface area (TPSA) is 74.2 Å². The van der Waals surface area contributed by atoms with Gasteiger partial charge in [0.1, 0.15) is 0 Å². The summed E-state index contributed by atoms with van der Waals surface area (Å²) in [5, 5.41) is 6.89. The van der Waals surface area contributed by atoms with Crippen molar-refractivity contribution in [3.63, 3.8) is 0 Å². The van der Waals surface area contributed by atoms with E-state index in [1.54, 1.807) is 11.0 Å². The van der Waals surface area contributed by atoms with Gasteiger partial charge in [-0.1, -0.05) is 31.2 Å². The van der Waals surface area contributed by atoms with E-state index in [2.05, 4.69) is 10.2 Å². The number of thioether (sulfide) groups is 1. The molecule has 0 radical (unpaired) electrons. The van der Waals surface area contributed by atoms with Gasteiger partial charge in [-0.2, -0.15) is 13.2 Å². The highest BCUT2D eigenvalue weighted by Crippen LogP contribution is 2.32. The number of benzene rings is 1. The largest absolute Gasteiger partial charge is 0.416 e. The van der Waals surface area contributed by atoms with E-state index in [9.17, 15) is 22.8 Å². The molecule has 1 aliphatic rings. The molecule has 30 heavy (non-hydrogen) atoms. The molecule has 1 saturated heterocycles. The summed E-state index contributed by atoms with van der Waals surface area (Å²) in [6.07, 6.45) is -2.59. The molecule has 1 N–H and O–H groups in total. The van der Waals surface area contributed by atoms with Gasteiger partial charge < -0.3 is 9.80 Å². The van der Waals surface area contributed by atoms with Crippen LogP contribution in [0, 0.1) is 0 Å². The first-order chi connectivity index (χ1) is 14.3. The Kier molecular flexibility index (Phi) is 7.11. The number of alkyl halides is 3. The van der Waals surface area contributed by atoms with E-state index in [0.29, 0.717) is 43.6 Å². The molecule has 164 valence electrons. The molecule has 0 aliphatic carbocycles. The van der Waals surface area contributed by atoms with Crippen LogP contribution < -0.4 is 10.6 Å². The highest BCUT2D eigenvalue weighted by molar-refractivity contribution is 7.99. The molecule has 0 unspecified atom stereocenters. The Morgan fingerprint density at radius 3 is 2.63 bits per heavy atom. The lowest BCUT2D eigenvalue weighted by molar-refractivity contribution is -0.137. The molecule has 2 aromatic rings. The van der Waals surface area contributed by atoms with Gasteiger partial charge in [-0.15, -0.1) is 5.10 Å². The molecule has 2 heterocycles. The standard InChI is InChI=1S/C19H24F3N5O2S/c1-2-3-7-27-17(29)23-24-18(27)30-13-16(28)26-10-8-25(9-11-26)15-6-4-5-14(12-15)19(20,21)22/h4-6,12H,2-3,7-11,13H2,1H3,(H,23,29). The minimum absolute atomic E-state index is 0.0822. The van der Waals surface area contributed by atoms with Crippen LogP contribution in [0.4, 0.5) is 18.9 Å². The number of H-pyrrole nitrogens is 1. The predicted molar refractivity (Wildman–Crippen MR) is 109 cm³/mol. The first kappa shape index (κ1) is 22.3. The molecule has 1 amide bonds. The van der Waals surface area contributed by atoms with Crippen LogP contribution in [0.2, 0.25) is 0 Å². The highest BCUT2D eigenvalue weighted by Gasteiger charge is 2.31. The second-order valence-corrected chi connectivity index (χ2v) is 7.96. The summed E-state index contributed by atoms with van der Waals surface area (Å²) in [7, 11) is 0. The highest BCUT2D eigenvalue weighted by atomic mass is 32.2. The zero-order valence-corrected chi connectivity index (χ0v) is 17.4. The summed E-state index contributed by atoms with van der Waals surface area (Å²) in [4.78, 5) is 27.9. The summed E-state index contributed by atoms with van der Waals surface area (Å²) in [6, 6.07) is 5.24. The minimum Gasteiger partial charge on any atom is -0.368 e. The summed E-state index contributed by atoms with van der Waals surface area (Å²) in [5.74, 6) is 0.0705. The number of aromatic amines is 1. The average molecular weight is 443 g/mol. The van der Waals surface area contributed by atoms with Crippen LogP contribution in [0.25, 0.3) is 0 Å². The normalized spacial score (nSPS) is 14.9. The zero-order valence-electron chi connectivity index (χ0n) is 16.6. The summed E-state index contributed by atoms with van der Waals surface area (Å²) in [6.45, 7) is 4.36. The molecule has 7 nitrogen and oxygen atoms in total. The van der Waals surface area contributed by atoms with Crippen molar-refractivity contribution >= 4 is 23.4 Å². The van der Waals surface area contributed by atoms with Crippen LogP contribution in [0.15, 0.2) is 34.2 Å². The number of hydrogen-bond donors (Lipinski definition) is 1. The number of carbonyl (C=O) groups excluding carboxylic acids is 1. The number of anilines is 1. The third-order valence-corrected chi connectivity index (χ3v) is 5.92. The van der Waals surface area contributed by atoms with Gasteiger partial charge in [0.2, 0.25) is 5.91 Å². The van der Waals surface area contributed by atoms with Gasteiger partial charge in [-0.25, -0.2) is 9.89 Å². The molecular formula is C19H24F3N5O2S. The van der Waals surface area contributed by atoms with Gasteiger partial charge >= 0.3 is 11.9 Å². The Morgan fingerprint density at radius 1 is 1.23 bits per heavy atom. The maximum absolute atomic E-state index is 12.9. The van der Waals surface area contributed by atoms with E-state index in [1.165, 1.54) is 22.4 Å². The molecule has 1 aliphatic heterocycles.